The van der Waals surface area contributed by atoms with E-state index in [9.17, 15) is 18.0 Å². The number of alkyl halides is 3. The van der Waals surface area contributed by atoms with Gasteiger partial charge in [-0.05, 0) is 12.8 Å². The van der Waals surface area contributed by atoms with Gasteiger partial charge in [-0.2, -0.15) is 13.2 Å². The SMILES string of the molecule is O=C(NC1C[C@@H]2O[C@@H]2C1)C(F)(F)F. The van der Waals surface area contributed by atoms with Gasteiger partial charge in [0.1, 0.15) is 0 Å². The molecule has 1 unspecified atom stereocenters. The van der Waals surface area contributed by atoms with Crippen LogP contribution in [0.15, 0.2) is 0 Å². The first-order valence-electron chi connectivity index (χ1n) is 4.00. The highest BCUT2D eigenvalue weighted by molar-refractivity contribution is 5.82. The van der Waals surface area contributed by atoms with Crippen molar-refractivity contribution < 1.29 is 22.7 Å². The van der Waals surface area contributed by atoms with Crippen LogP contribution in [-0.4, -0.2) is 30.3 Å². The van der Waals surface area contributed by atoms with Crippen molar-refractivity contribution in [1.29, 1.82) is 0 Å². The van der Waals surface area contributed by atoms with Gasteiger partial charge in [-0.3, -0.25) is 4.79 Å². The molecular formula is C7H8F3NO2. The lowest BCUT2D eigenvalue weighted by molar-refractivity contribution is -0.174. The first-order valence-corrected chi connectivity index (χ1v) is 4.00. The average Bonchev–Trinajstić information content (AvgIpc) is 2.57. The number of halogens is 3. The van der Waals surface area contributed by atoms with E-state index in [0.717, 1.165) is 0 Å². The fraction of sp³-hybridized carbons (Fsp3) is 0.857. The summed E-state index contributed by atoms with van der Waals surface area (Å²) in [6, 6.07) is -0.363. The molecule has 74 valence electrons. The predicted octanol–water partition coefficient (Wildman–Crippen LogP) is 0.595. The van der Waals surface area contributed by atoms with E-state index in [0.29, 0.717) is 12.8 Å². The number of epoxide rings is 1. The number of nitrogens with one attached hydrogen (secondary N) is 1. The van der Waals surface area contributed by atoms with Gasteiger partial charge in [0.25, 0.3) is 0 Å². The van der Waals surface area contributed by atoms with Crippen LogP contribution >= 0.6 is 0 Å². The van der Waals surface area contributed by atoms with E-state index < -0.39 is 12.1 Å². The van der Waals surface area contributed by atoms with Gasteiger partial charge in [-0.25, -0.2) is 0 Å². The van der Waals surface area contributed by atoms with Crippen LogP contribution < -0.4 is 5.32 Å². The van der Waals surface area contributed by atoms with Crippen LogP contribution in [0.25, 0.3) is 0 Å². The minimum Gasteiger partial charge on any atom is -0.369 e. The molecule has 1 heterocycles. The van der Waals surface area contributed by atoms with Crippen molar-refractivity contribution in [3.05, 3.63) is 0 Å². The number of rotatable bonds is 1. The molecule has 2 fully saturated rings. The number of amides is 1. The quantitative estimate of drug-likeness (QED) is 0.622. The number of carbonyl (C=O) groups is 1. The second-order valence-corrected chi connectivity index (χ2v) is 3.35. The Morgan fingerprint density at radius 1 is 1.31 bits per heavy atom. The summed E-state index contributed by atoms with van der Waals surface area (Å²) in [6.45, 7) is 0. The van der Waals surface area contributed by atoms with Crippen LogP contribution in [-0.2, 0) is 9.53 Å². The molecule has 2 aliphatic rings. The molecule has 0 aromatic heterocycles. The maximum Gasteiger partial charge on any atom is 0.471 e. The summed E-state index contributed by atoms with van der Waals surface area (Å²) in [5.74, 6) is -1.85. The molecule has 1 saturated heterocycles. The zero-order chi connectivity index (χ0) is 9.64. The summed E-state index contributed by atoms with van der Waals surface area (Å²) in [4.78, 5) is 10.5. The average molecular weight is 195 g/mol. The second-order valence-electron chi connectivity index (χ2n) is 3.35. The molecule has 0 aromatic rings. The summed E-state index contributed by atoms with van der Waals surface area (Å²) in [6.07, 6.45) is -3.59. The third-order valence-corrected chi connectivity index (χ3v) is 2.31. The Bertz CT molecular complexity index is 230. The number of fused-ring (bicyclic) bond motifs is 1. The van der Waals surface area contributed by atoms with E-state index in [1.165, 1.54) is 0 Å². The molecule has 13 heavy (non-hydrogen) atoms. The minimum absolute atomic E-state index is 0.0820. The maximum atomic E-state index is 11.8. The zero-order valence-electron chi connectivity index (χ0n) is 6.60. The number of carbonyl (C=O) groups excluding carboxylic acids is 1. The molecule has 1 saturated carbocycles. The van der Waals surface area contributed by atoms with E-state index in [2.05, 4.69) is 0 Å². The van der Waals surface area contributed by atoms with Gasteiger partial charge in [0.05, 0.1) is 12.2 Å². The van der Waals surface area contributed by atoms with Crippen LogP contribution in [0.1, 0.15) is 12.8 Å². The zero-order valence-corrected chi connectivity index (χ0v) is 6.60. The van der Waals surface area contributed by atoms with E-state index in [4.69, 9.17) is 4.74 Å². The Labute approximate surface area is 72.2 Å². The number of hydrogen-bond donors (Lipinski definition) is 1. The molecule has 0 bridgehead atoms. The lowest BCUT2D eigenvalue weighted by atomic mass is 10.2. The summed E-state index contributed by atoms with van der Waals surface area (Å²) in [5, 5.41) is 1.94. The van der Waals surface area contributed by atoms with Crippen molar-refractivity contribution in [2.24, 2.45) is 0 Å². The van der Waals surface area contributed by atoms with Crippen molar-refractivity contribution in [1.82, 2.24) is 5.32 Å². The van der Waals surface area contributed by atoms with E-state index >= 15 is 0 Å². The standard InChI is InChI=1S/C7H8F3NO2/c8-7(9,10)6(12)11-3-1-4-5(2-3)13-4/h3-5H,1-2H2,(H,11,12)/t3?,4-,5+. The van der Waals surface area contributed by atoms with E-state index in [-0.39, 0.29) is 18.2 Å². The van der Waals surface area contributed by atoms with Crippen LogP contribution in [0.3, 0.4) is 0 Å². The molecule has 3 nitrogen and oxygen atoms in total. The molecule has 1 aliphatic carbocycles. The fourth-order valence-electron chi connectivity index (χ4n) is 1.64. The molecular weight excluding hydrogens is 187 g/mol. The van der Waals surface area contributed by atoms with E-state index in [1.807, 2.05) is 5.32 Å². The number of ether oxygens (including phenoxy) is 1. The molecule has 2 rings (SSSR count). The third kappa shape index (κ3) is 1.77. The summed E-state index contributed by atoms with van der Waals surface area (Å²) < 4.78 is 40.3. The maximum absolute atomic E-state index is 11.8. The molecule has 6 heteroatoms. The molecule has 1 amide bonds. The van der Waals surface area contributed by atoms with E-state index in [1.54, 1.807) is 0 Å². The largest absolute Gasteiger partial charge is 0.471 e. The Morgan fingerprint density at radius 3 is 2.31 bits per heavy atom. The number of hydrogen-bond acceptors (Lipinski definition) is 2. The highest BCUT2D eigenvalue weighted by Gasteiger charge is 2.50. The van der Waals surface area contributed by atoms with Crippen molar-refractivity contribution in [2.45, 2.75) is 37.3 Å². The van der Waals surface area contributed by atoms with Crippen LogP contribution in [0.2, 0.25) is 0 Å². The lowest BCUT2D eigenvalue weighted by Crippen LogP contribution is -2.42. The highest BCUT2D eigenvalue weighted by Crippen LogP contribution is 2.38. The van der Waals surface area contributed by atoms with Gasteiger partial charge in [0.15, 0.2) is 0 Å². The smallest absolute Gasteiger partial charge is 0.369 e. The Balaban J connectivity index is 1.81. The first kappa shape index (κ1) is 8.80. The molecule has 0 radical (unpaired) electrons. The van der Waals surface area contributed by atoms with Gasteiger partial charge < -0.3 is 10.1 Å². The normalized spacial score (nSPS) is 37.0. The molecule has 1 N–H and O–H groups in total. The van der Waals surface area contributed by atoms with Gasteiger partial charge >= 0.3 is 12.1 Å². The monoisotopic (exact) mass is 195 g/mol. The first-order chi connectivity index (χ1) is 5.97. The minimum atomic E-state index is -4.77. The van der Waals surface area contributed by atoms with Crippen molar-refractivity contribution in [2.75, 3.05) is 0 Å². The van der Waals surface area contributed by atoms with Gasteiger partial charge in [-0.1, -0.05) is 0 Å². The summed E-state index contributed by atoms with van der Waals surface area (Å²) in [7, 11) is 0. The Morgan fingerprint density at radius 2 is 1.85 bits per heavy atom. The van der Waals surface area contributed by atoms with Crippen LogP contribution in [0.4, 0.5) is 13.2 Å². The molecule has 1 aliphatic heterocycles. The van der Waals surface area contributed by atoms with Gasteiger partial charge in [-0.15, -0.1) is 0 Å². The summed E-state index contributed by atoms with van der Waals surface area (Å²) >= 11 is 0. The predicted molar refractivity (Wildman–Crippen MR) is 35.9 cm³/mol. The Kier molecular flexibility index (Phi) is 1.76. The van der Waals surface area contributed by atoms with Crippen molar-refractivity contribution in [3.8, 4) is 0 Å². The topological polar surface area (TPSA) is 41.6 Å². The van der Waals surface area contributed by atoms with Gasteiger partial charge in [0, 0.05) is 6.04 Å². The fourth-order valence-corrected chi connectivity index (χ4v) is 1.64. The third-order valence-electron chi connectivity index (χ3n) is 2.31. The molecule has 3 atom stereocenters. The van der Waals surface area contributed by atoms with Crippen molar-refractivity contribution >= 4 is 5.91 Å². The van der Waals surface area contributed by atoms with Gasteiger partial charge in [0.2, 0.25) is 0 Å². The lowest BCUT2D eigenvalue weighted by Gasteiger charge is -2.14. The molecule has 0 spiro atoms. The highest BCUT2D eigenvalue weighted by atomic mass is 19.4. The Hall–Kier alpha value is -0.780. The van der Waals surface area contributed by atoms with Crippen LogP contribution in [0, 0.1) is 0 Å². The summed E-state index contributed by atoms with van der Waals surface area (Å²) in [5.41, 5.74) is 0. The van der Waals surface area contributed by atoms with Crippen LogP contribution in [0.5, 0.6) is 0 Å². The molecule has 0 aromatic carbocycles. The second kappa shape index (κ2) is 2.60. The van der Waals surface area contributed by atoms with Crippen molar-refractivity contribution in [3.63, 3.8) is 0 Å².